The molecule has 1 atom stereocenters. The van der Waals surface area contributed by atoms with Crippen LogP contribution in [0, 0.1) is 0 Å². The summed E-state index contributed by atoms with van der Waals surface area (Å²) in [6.07, 6.45) is 0.774. The van der Waals surface area contributed by atoms with Gasteiger partial charge >= 0.3 is 12.1 Å². The van der Waals surface area contributed by atoms with E-state index < -0.39 is 23.5 Å². The van der Waals surface area contributed by atoms with Crippen molar-refractivity contribution in [3.05, 3.63) is 48.6 Å². The summed E-state index contributed by atoms with van der Waals surface area (Å²) in [5.74, 6) is -1.88. The number of nitrogens with one attached hydrogen (secondary N) is 1. The van der Waals surface area contributed by atoms with Crippen molar-refractivity contribution in [2.75, 3.05) is 6.61 Å². The van der Waals surface area contributed by atoms with Crippen LogP contribution in [-0.2, 0) is 9.53 Å². The van der Waals surface area contributed by atoms with Crippen LogP contribution in [0.3, 0.4) is 0 Å². The Morgan fingerprint density at radius 2 is 2.00 bits per heavy atom. The maximum Gasteiger partial charge on any atom is 0.407 e. The van der Waals surface area contributed by atoms with Gasteiger partial charge in [-0.3, -0.25) is 4.79 Å². The molecule has 0 fully saturated rings. The third-order valence-corrected chi connectivity index (χ3v) is 2.86. The molecule has 5 heteroatoms. The Labute approximate surface area is 118 Å². The zero-order valence-corrected chi connectivity index (χ0v) is 11.6. The van der Waals surface area contributed by atoms with Crippen LogP contribution in [0.2, 0.25) is 0 Å². The van der Waals surface area contributed by atoms with E-state index in [1.807, 2.05) is 0 Å². The molecule has 0 heterocycles. The quantitative estimate of drug-likeness (QED) is 0.783. The van der Waals surface area contributed by atoms with E-state index in [0.29, 0.717) is 5.56 Å². The van der Waals surface area contributed by atoms with Crippen LogP contribution in [0.25, 0.3) is 0 Å². The van der Waals surface area contributed by atoms with Gasteiger partial charge in [0.2, 0.25) is 0 Å². The van der Waals surface area contributed by atoms with Gasteiger partial charge in [0.25, 0.3) is 0 Å². The van der Waals surface area contributed by atoms with Crippen molar-refractivity contribution < 1.29 is 19.4 Å². The van der Waals surface area contributed by atoms with Gasteiger partial charge in [-0.25, -0.2) is 4.79 Å². The molecule has 1 unspecified atom stereocenters. The van der Waals surface area contributed by atoms with Crippen LogP contribution in [0.4, 0.5) is 4.79 Å². The molecule has 1 aromatic carbocycles. The summed E-state index contributed by atoms with van der Waals surface area (Å²) in [6, 6.07) is 8.77. The van der Waals surface area contributed by atoms with Gasteiger partial charge in [0.05, 0.1) is 5.54 Å². The maximum absolute atomic E-state index is 11.6. The number of carboxylic acid groups (broad SMARTS) is 1. The fourth-order valence-electron chi connectivity index (χ4n) is 2.02. The van der Waals surface area contributed by atoms with Crippen LogP contribution in [0.15, 0.2) is 43.0 Å². The predicted molar refractivity (Wildman–Crippen MR) is 75.6 cm³/mol. The number of benzene rings is 1. The standard InChI is InChI=1S/C15H19NO4/c1-4-10-20-14(19)16-15(2,3)12(13(17)18)11-8-6-5-7-9-11/h4-9,12H,1,10H2,2-3H3,(H,16,19)(H,17,18). The van der Waals surface area contributed by atoms with Crippen LogP contribution in [-0.4, -0.2) is 29.3 Å². The minimum absolute atomic E-state index is 0.0744. The van der Waals surface area contributed by atoms with E-state index in [9.17, 15) is 14.7 Å². The van der Waals surface area contributed by atoms with Gasteiger partial charge in [0, 0.05) is 0 Å². The Kier molecular flexibility index (Phi) is 5.32. The summed E-state index contributed by atoms with van der Waals surface area (Å²) in [5, 5.41) is 12.0. The van der Waals surface area contributed by atoms with Crippen molar-refractivity contribution in [2.45, 2.75) is 25.3 Å². The molecule has 20 heavy (non-hydrogen) atoms. The maximum atomic E-state index is 11.6. The predicted octanol–water partition coefficient (Wildman–Crippen LogP) is 2.55. The first kappa shape index (κ1) is 15.8. The van der Waals surface area contributed by atoms with E-state index in [0.717, 1.165) is 0 Å². The first-order chi connectivity index (χ1) is 9.38. The number of hydrogen-bond acceptors (Lipinski definition) is 3. The van der Waals surface area contributed by atoms with Gasteiger partial charge in [-0.1, -0.05) is 43.0 Å². The lowest BCUT2D eigenvalue weighted by Gasteiger charge is -2.32. The zero-order chi connectivity index (χ0) is 15.2. The topological polar surface area (TPSA) is 75.6 Å². The molecule has 0 saturated heterocycles. The second-order valence-electron chi connectivity index (χ2n) is 4.92. The van der Waals surface area contributed by atoms with Crippen molar-refractivity contribution in [1.82, 2.24) is 5.32 Å². The molecule has 0 aromatic heterocycles. The Morgan fingerprint density at radius 1 is 1.40 bits per heavy atom. The highest BCUT2D eigenvalue weighted by atomic mass is 16.5. The number of carbonyl (C=O) groups excluding carboxylic acids is 1. The van der Waals surface area contributed by atoms with E-state index in [2.05, 4.69) is 11.9 Å². The van der Waals surface area contributed by atoms with Crippen LogP contribution >= 0.6 is 0 Å². The summed E-state index contributed by atoms with van der Waals surface area (Å²) < 4.78 is 4.83. The number of carboxylic acids is 1. The minimum atomic E-state index is -1.01. The zero-order valence-electron chi connectivity index (χ0n) is 11.6. The number of alkyl carbamates (subject to hydrolysis) is 1. The van der Waals surface area contributed by atoms with Crippen LogP contribution in [0.1, 0.15) is 25.3 Å². The molecule has 0 radical (unpaired) electrons. The summed E-state index contributed by atoms with van der Waals surface area (Å²) in [5.41, 5.74) is -0.375. The molecule has 0 aliphatic carbocycles. The number of aliphatic carboxylic acids is 1. The lowest BCUT2D eigenvalue weighted by molar-refractivity contribution is -0.140. The van der Waals surface area contributed by atoms with Gasteiger partial charge in [-0.2, -0.15) is 0 Å². The summed E-state index contributed by atoms with van der Waals surface area (Å²) in [7, 11) is 0. The van der Waals surface area contributed by atoms with Gasteiger partial charge in [0.15, 0.2) is 0 Å². The number of carbonyl (C=O) groups is 2. The first-order valence-electron chi connectivity index (χ1n) is 6.22. The second kappa shape index (κ2) is 6.75. The molecule has 0 saturated carbocycles. The highest BCUT2D eigenvalue weighted by molar-refractivity contribution is 5.79. The molecule has 0 aliphatic heterocycles. The van der Waals surface area contributed by atoms with Gasteiger partial charge in [-0.15, -0.1) is 0 Å². The fourth-order valence-corrected chi connectivity index (χ4v) is 2.02. The van der Waals surface area contributed by atoms with Crippen molar-refractivity contribution in [2.24, 2.45) is 0 Å². The smallest absolute Gasteiger partial charge is 0.407 e. The third-order valence-electron chi connectivity index (χ3n) is 2.86. The number of rotatable bonds is 6. The molecule has 1 rings (SSSR count). The lowest BCUT2D eigenvalue weighted by Crippen LogP contribution is -2.50. The molecule has 0 aliphatic rings. The average molecular weight is 277 g/mol. The summed E-state index contributed by atoms with van der Waals surface area (Å²) in [6.45, 7) is 6.81. The molecular formula is C15H19NO4. The van der Waals surface area contributed by atoms with Crippen molar-refractivity contribution in [3.8, 4) is 0 Å². The number of hydrogen-bond donors (Lipinski definition) is 2. The Hall–Kier alpha value is -2.30. The highest BCUT2D eigenvalue weighted by Gasteiger charge is 2.38. The van der Waals surface area contributed by atoms with E-state index in [1.54, 1.807) is 44.2 Å². The van der Waals surface area contributed by atoms with Gasteiger partial charge < -0.3 is 15.2 Å². The van der Waals surface area contributed by atoms with Crippen molar-refractivity contribution >= 4 is 12.1 Å². The molecule has 0 bridgehead atoms. The third kappa shape index (κ3) is 4.12. The van der Waals surface area contributed by atoms with Crippen LogP contribution in [0.5, 0.6) is 0 Å². The highest BCUT2D eigenvalue weighted by Crippen LogP contribution is 2.28. The second-order valence-corrected chi connectivity index (χ2v) is 4.92. The molecular weight excluding hydrogens is 258 g/mol. The Bertz CT molecular complexity index is 482. The first-order valence-corrected chi connectivity index (χ1v) is 6.22. The molecule has 1 aromatic rings. The van der Waals surface area contributed by atoms with Crippen molar-refractivity contribution in [3.63, 3.8) is 0 Å². The van der Waals surface area contributed by atoms with E-state index >= 15 is 0 Å². The number of amides is 1. The van der Waals surface area contributed by atoms with E-state index in [4.69, 9.17) is 4.74 Å². The van der Waals surface area contributed by atoms with Crippen LogP contribution < -0.4 is 5.32 Å². The Morgan fingerprint density at radius 3 is 2.50 bits per heavy atom. The van der Waals surface area contributed by atoms with E-state index in [1.165, 1.54) is 6.08 Å². The molecule has 0 spiro atoms. The molecule has 108 valence electrons. The largest absolute Gasteiger partial charge is 0.481 e. The fraction of sp³-hybridized carbons (Fsp3) is 0.333. The molecule has 5 nitrogen and oxygen atoms in total. The summed E-state index contributed by atoms with van der Waals surface area (Å²) in [4.78, 5) is 23.1. The molecule has 2 N–H and O–H groups in total. The van der Waals surface area contributed by atoms with Crippen molar-refractivity contribution in [1.29, 1.82) is 0 Å². The minimum Gasteiger partial charge on any atom is -0.481 e. The number of ether oxygens (including phenoxy) is 1. The lowest BCUT2D eigenvalue weighted by atomic mass is 9.82. The molecule has 1 amide bonds. The summed E-state index contributed by atoms with van der Waals surface area (Å²) >= 11 is 0. The SMILES string of the molecule is C=CCOC(=O)NC(C)(C)C(C(=O)O)c1ccccc1. The Balaban J connectivity index is 2.93. The monoisotopic (exact) mass is 277 g/mol. The normalized spacial score (nSPS) is 12.3. The van der Waals surface area contributed by atoms with Gasteiger partial charge in [0.1, 0.15) is 12.5 Å². The van der Waals surface area contributed by atoms with Gasteiger partial charge in [-0.05, 0) is 19.4 Å². The van der Waals surface area contributed by atoms with E-state index in [-0.39, 0.29) is 6.61 Å². The average Bonchev–Trinajstić information content (AvgIpc) is 2.36.